The second kappa shape index (κ2) is 7.69. The van der Waals surface area contributed by atoms with Gasteiger partial charge in [-0.15, -0.1) is 0 Å². The number of anilines is 1. The van der Waals surface area contributed by atoms with E-state index in [0.717, 1.165) is 57.9 Å². The number of amides is 1. The van der Waals surface area contributed by atoms with Crippen molar-refractivity contribution in [3.63, 3.8) is 0 Å². The Morgan fingerprint density at radius 3 is 2.67 bits per heavy atom. The summed E-state index contributed by atoms with van der Waals surface area (Å²) >= 11 is 0. The topological polar surface area (TPSA) is 82.0 Å². The summed E-state index contributed by atoms with van der Waals surface area (Å²) in [7, 11) is 1.74. The standard InChI is InChI=1S/C19H29N5O3/c1-27-19-4-3-15(25)13-16(19)24(8-5-19)17(26)14-22-9-11-23(12-10-22)18-20-6-2-7-21-18/h2,6-7,15-16,25H,3-5,8-14H2,1H3. The fourth-order valence-corrected chi connectivity index (χ4v) is 4.82. The first kappa shape index (κ1) is 18.6. The van der Waals surface area contributed by atoms with Gasteiger partial charge in [0.2, 0.25) is 11.9 Å². The number of aliphatic hydroxyl groups excluding tert-OH is 1. The molecule has 27 heavy (non-hydrogen) atoms. The molecule has 0 bridgehead atoms. The van der Waals surface area contributed by atoms with E-state index >= 15 is 0 Å². The molecular weight excluding hydrogens is 346 g/mol. The zero-order chi connectivity index (χ0) is 18.9. The number of likely N-dealkylation sites (tertiary alicyclic amines) is 1. The number of ether oxygens (including phenoxy) is 1. The summed E-state index contributed by atoms with van der Waals surface area (Å²) in [6.07, 6.45) is 6.26. The van der Waals surface area contributed by atoms with Gasteiger partial charge in [-0.2, -0.15) is 0 Å². The Labute approximate surface area is 160 Å². The third kappa shape index (κ3) is 3.66. The molecule has 8 nitrogen and oxygen atoms in total. The number of carbonyl (C=O) groups excluding carboxylic acids is 1. The SMILES string of the molecule is COC12CCC(O)CC1N(C(=O)CN1CCN(c3ncccn3)CC1)CC2. The van der Waals surface area contributed by atoms with E-state index in [4.69, 9.17) is 4.74 Å². The van der Waals surface area contributed by atoms with Gasteiger partial charge in [-0.05, 0) is 31.7 Å². The van der Waals surface area contributed by atoms with Crippen LogP contribution < -0.4 is 4.90 Å². The van der Waals surface area contributed by atoms with Gasteiger partial charge in [-0.25, -0.2) is 9.97 Å². The van der Waals surface area contributed by atoms with Gasteiger partial charge in [0.05, 0.1) is 24.3 Å². The van der Waals surface area contributed by atoms with E-state index in [1.165, 1.54) is 0 Å². The second-order valence-corrected chi connectivity index (χ2v) is 7.86. The summed E-state index contributed by atoms with van der Waals surface area (Å²) in [6, 6.07) is 1.81. The zero-order valence-corrected chi connectivity index (χ0v) is 16.0. The highest BCUT2D eigenvalue weighted by molar-refractivity contribution is 5.79. The molecule has 1 N–H and O–H groups in total. The van der Waals surface area contributed by atoms with Crippen LogP contribution in [-0.2, 0) is 9.53 Å². The highest BCUT2D eigenvalue weighted by Gasteiger charge is 2.52. The van der Waals surface area contributed by atoms with Crippen molar-refractivity contribution in [3.05, 3.63) is 18.5 Å². The minimum atomic E-state index is -0.332. The molecule has 1 amide bonds. The molecule has 0 aromatic carbocycles. The monoisotopic (exact) mass is 375 g/mol. The van der Waals surface area contributed by atoms with Crippen LogP contribution in [0.3, 0.4) is 0 Å². The first-order valence-electron chi connectivity index (χ1n) is 9.88. The number of aromatic nitrogens is 2. The lowest BCUT2D eigenvalue weighted by atomic mass is 9.79. The molecule has 4 rings (SSSR count). The molecule has 1 saturated carbocycles. The Morgan fingerprint density at radius 1 is 1.22 bits per heavy atom. The Bertz CT molecular complexity index is 652. The van der Waals surface area contributed by atoms with Crippen molar-refractivity contribution in [2.24, 2.45) is 0 Å². The third-order valence-corrected chi connectivity index (χ3v) is 6.45. The van der Waals surface area contributed by atoms with Gasteiger partial charge >= 0.3 is 0 Å². The van der Waals surface area contributed by atoms with E-state index in [-0.39, 0.29) is 23.7 Å². The lowest BCUT2D eigenvalue weighted by Crippen LogP contribution is -2.55. The molecule has 0 spiro atoms. The lowest BCUT2D eigenvalue weighted by molar-refractivity contribution is -0.141. The molecule has 0 radical (unpaired) electrons. The van der Waals surface area contributed by atoms with Gasteiger partial charge in [-0.1, -0.05) is 0 Å². The lowest BCUT2D eigenvalue weighted by Gasteiger charge is -2.43. The van der Waals surface area contributed by atoms with Gasteiger partial charge in [0.15, 0.2) is 0 Å². The summed E-state index contributed by atoms with van der Waals surface area (Å²) in [6.45, 7) is 4.43. The van der Waals surface area contributed by atoms with Crippen LogP contribution in [0.4, 0.5) is 5.95 Å². The van der Waals surface area contributed by atoms with Gasteiger partial charge in [0, 0.05) is 52.2 Å². The number of nitrogens with zero attached hydrogens (tertiary/aromatic N) is 5. The number of rotatable bonds is 4. The van der Waals surface area contributed by atoms with Crippen LogP contribution in [0.1, 0.15) is 25.7 Å². The minimum absolute atomic E-state index is 0.00208. The molecule has 148 valence electrons. The largest absolute Gasteiger partial charge is 0.393 e. The predicted octanol–water partition coefficient (Wildman–Crippen LogP) is 0.130. The van der Waals surface area contributed by atoms with E-state index in [0.29, 0.717) is 13.0 Å². The van der Waals surface area contributed by atoms with Crippen molar-refractivity contribution >= 4 is 11.9 Å². The van der Waals surface area contributed by atoms with Crippen LogP contribution in [0.15, 0.2) is 18.5 Å². The van der Waals surface area contributed by atoms with E-state index in [2.05, 4.69) is 19.8 Å². The van der Waals surface area contributed by atoms with Crippen LogP contribution in [-0.4, -0.2) is 94.9 Å². The van der Waals surface area contributed by atoms with Crippen LogP contribution in [0.5, 0.6) is 0 Å². The molecule has 8 heteroatoms. The van der Waals surface area contributed by atoms with Crippen LogP contribution in [0, 0.1) is 0 Å². The van der Waals surface area contributed by atoms with Crippen molar-refractivity contribution in [1.29, 1.82) is 0 Å². The normalized spacial score (nSPS) is 31.8. The molecule has 3 atom stereocenters. The van der Waals surface area contributed by atoms with Crippen LogP contribution in [0.2, 0.25) is 0 Å². The number of carbonyl (C=O) groups is 1. The average Bonchev–Trinajstić information content (AvgIpc) is 3.08. The van der Waals surface area contributed by atoms with E-state index < -0.39 is 0 Å². The number of aliphatic hydroxyl groups is 1. The van der Waals surface area contributed by atoms with Crippen molar-refractivity contribution in [2.75, 3.05) is 51.3 Å². The zero-order valence-electron chi connectivity index (χ0n) is 16.0. The predicted molar refractivity (Wildman–Crippen MR) is 100 cm³/mol. The van der Waals surface area contributed by atoms with Crippen LogP contribution in [0.25, 0.3) is 0 Å². The summed E-state index contributed by atoms with van der Waals surface area (Å²) in [5.74, 6) is 0.904. The molecule has 3 aliphatic rings. The molecule has 2 saturated heterocycles. The molecule has 3 fully saturated rings. The fraction of sp³-hybridized carbons (Fsp3) is 0.737. The highest BCUT2D eigenvalue weighted by Crippen LogP contribution is 2.42. The minimum Gasteiger partial charge on any atom is -0.393 e. The Morgan fingerprint density at radius 2 is 1.96 bits per heavy atom. The maximum atomic E-state index is 13.0. The number of methoxy groups -OCH3 is 1. The average molecular weight is 375 g/mol. The Hall–Kier alpha value is -1.77. The summed E-state index contributed by atoms with van der Waals surface area (Å²) in [4.78, 5) is 27.9. The maximum absolute atomic E-state index is 13.0. The Kier molecular flexibility index (Phi) is 5.29. The molecule has 1 aliphatic carbocycles. The summed E-state index contributed by atoms with van der Waals surface area (Å²) < 4.78 is 5.85. The van der Waals surface area contributed by atoms with Crippen molar-refractivity contribution in [2.45, 2.75) is 43.4 Å². The highest BCUT2D eigenvalue weighted by atomic mass is 16.5. The maximum Gasteiger partial charge on any atom is 0.237 e. The van der Waals surface area contributed by atoms with Gasteiger partial charge in [0.25, 0.3) is 0 Å². The van der Waals surface area contributed by atoms with E-state index in [1.807, 2.05) is 11.0 Å². The van der Waals surface area contributed by atoms with Gasteiger partial charge in [0.1, 0.15) is 0 Å². The van der Waals surface area contributed by atoms with Crippen molar-refractivity contribution < 1.29 is 14.6 Å². The molecule has 1 aromatic heterocycles. The number of hydrogen-bond acceptors (Lipinski definition) is 7. The van der Waals surface area contributed by atoms with Crippen molar-refractivity contribution in [1.82, 2.24) is 19.8 Å². The summed E-state index contributed by atoms with van der Waals surface area (Å²) in [5.41, 5.74) is -0.266. The van der Waals surface area contributed by atoms with Gasteiger partial charge in [-0.3, -0.25) is 9.69 Å². The van der Waals surface area contributed by atoms with Gasteiger partial charge < -0.3 is 19.6 Å². The van der Waals surface area contributed by atoms with Crippen molar-refractivity contribution in [3.8, 4) is 0 Å². The second-order valence-electron chi connectivity index (χ2n) is 7.86. The number of fused-ring (bicyclic) bond motifs is 1. The summed E-state index contributed by atoms with van der Waals surface area (Å²) in [5, 5.41) is 10.1. The van der Waals surface area contributed by atoms with Crippen LogP contribution >= 0.6 is 0 Å². The first-order valence-corrected chi connectivity index (χ1v) is 9.88. The molecule has 1 aromatic rings. The fourth-order valence-electron chi connectivity index (χ4n) is 4.82. The number of piperazine rings is 1. The molecule has 3 unspecified atom stereocenters. The quantitative estimate of drug-likeness (QED) is 0.801. The number of hydrogen-bond donors (Lipinski definition) is 1. The molecule has 2 aliphatic heterocycles. The first-order chi connectivity index (χ1) is 13.1. The molecular formula is C19H29N5O3. The third-order valence-electron chi connectivity index (χ3n) is 6.45. The Balaban J connectivity index is 1.33. The smallest absolute Gasteiger partial charge is 0.237 e. The molecule has 3 heterocycles. The van der Waals surface area contributed by atoms with E-state index in [1.54, 1.807) is 19.5 Å². The van der Waals surface area contributed by atoms with E-state index in [9.17, 15) is 9.90 Å².